The topological polar surface area (TPSA) is 64.4 Å². The van der Waals surface area contributed by atoms with Gasteiger partial charge < -0.3 is 9.26 Å². The third-order valence-corrected chi connectivity index (χ3v) is 3.89. The molecule has 22 heavy (non-hydrogen) atoms. The SMILES string of the molecule is COc1cc(Cl)ccc1C(=O)Nc1cc(-c2ccsc2)no1. The highest BCUT2D eigenvalue weighted by Gasteiger charge is 2.15. The highest BCUT2D eigenvalue weighted by molar-refractivity contribution is 7.08. The number of carbonyl (C=O) groups is 1. The zero-order valence-electron chi connectivity index (χ0n) is 11.5. The van der Waals surface area contributed by atoms with Gasteiger partial charge in [0.1, 0.15) is 11.4 Å². The van der Waals surface area contributed by atoms with E-state index in [9.17, 15) is 4.79 Å². The van der Waals surface area contributed by atoms with Gasteiger partial charge in [-0.25, -0.2) is 0 Å². The fourth-order valence-corrected chi connectivity index (χ4v) is 2.72. The van der Waals surface area contributed by atoms with Gasteiger partial charge in [0, 0.05) is 22.0 Å². The molecule has 1 N–H and O–H groups in total. The number of hydrogen-bond donors (Lipinski definition) is 1. The number of ether oxygens (including phenoxy) is 1. The van der Waals surface area contributed by atoms with Gasteiger partial charge in [0.2, 0.25) is 5.88 Å². The molecule has 0 saturated carbocycles. The van der Waals surface area contributed by atoms with Gasteiger partial charge in [0.05, 0.1) is 12.7 Å². The molecular weight excluding hydrogens is 324 g/mol. The summed E-state index contributed by atoms with van der Waals surface area (Å²) in [6.07, 6.45) is 0. The van der Waals surface area contributed by atoms with E-state index in [1.165, 1.54) is 7.11 Å². The summed E-state index contributed by atoms with van der Waals surface area (Å²) in [7, 11) is 1.48. The second-order valence-electron chi connectivity index (χ2n) is 4.39. The number of hydrogen-bond acceptors (Lipinski definition) is 5. The molecule has 112 valence electrons. The molecule has 0 spiro atoms. The molecule has 7 heteroatoms. The molecule has 1 amide bonds. The molecule has 3 rings (SSSR count). The number of aromatic nitrogens is 1. The smallest absolute Gasteiger partial charge is 0.261 e. The van der Waals surface area contributed by atoms with Crippen LogP contribution in [0, 0.1) is 0 Å². The summed E-state index contributed by atoms with van der Waals surface area (Å²) >= 11 is 7.44. The van der Waals surface area contributed by atoms with Crippen LogP contribution in [0.4, 0.5) is 5.88 Å². The zero-order chi connectivity index (χ0) is 15.5. The van der Waals surface area contributed by atoms with Crippen molar-refractivity contribution in [2.45, 2.75) is 0 Å². The molecule has 0 fully saturated rings. The second-order valence-corrected chi connectivity index (χ2v) is 5.60. The number of amides is 1. The summed E-state index contributed by atoms with van der Waals surface area (Å²) in [6, 6.07) is 8.38. The van der Waals surface area contributed by atoms with Gasteiger partial charge in [-0.2, -0.15) is 11.3 Å². The summed E-state index contributed by atoms with van der Waals surface area (Å²) in [6.45, 7) is 0. The quantitative estimate of drug-likeness (QED) is 0.771. The van der Waals surface area contributed by atoms with Crippen LogP contribution in [0.2, 0.25) is 5.02 Å². The molecule has 2 heterocycles. The van der Waals surface area contributed by atoms with E-state index in [1.807, 2.05) is 16.8 Å². The average Bonchev–Trinajstić information content (AvgIpc) is 3.17. The molecule has 3 aromatic rings. The van der Waals surface area contributed by atoms with Crippen LogP contribution in [0.1, 0.15) is 10.4 Å². The molecule has 2 aromatic heterocycles. The first-order valence-electron chi connectivity index (χ1n) is 6.31. The first kappa shape index (κ1) is 14.6. The Morgan fingerprint density at radius 1 is 1.36 bits per heavy atom. The fourth-order valence-electron chi connectivity index (χ4n) is 1.91. The van der Waals surface area contributed by atoms with Crippen molar-refractivity contribution in [1.82, 2.24) is 5.16 Å². The van der Waals surface area contributed by atoms with E-state index in [0.29, 0.717) is 22.0 Å². The highest BCUT2D eigenvalue weighted by atomic mass is 35.5. The average molecular weight is 335 g/mol. The summed E-state index contributed by atoms with van der Waals surface area (Å²) in [5.41, 5.74) is 1.97. The van der Waals surface area contributed by atoms with Crippen molar-refractivity contribution in [1.29, 1.82) is 0 Å². The van der Waals surface area contributed by atoms with E-state index >= 15 is 0 Å². The van der Waals surface area contributed by atoms with Crippen LogP contribution in [-0.4, -0.2) is 18.2 Å². The van der Waals surface area contributed by atoms with Crippen molar-refractivity contribution in [2.24, 2.45) is 0 Å². The Balaban J connectivity index is 1.80. The Morgan fingerprint density at radius 3 is 2.95 bits per heavy atom. The number of methoxy groups -OCH3 is 1. The molecule has 0 atom stereocenters. The predicted octanol–water partition coefficient (Wildman–Crippen LogP) is 4.32. The molecule has 0 bridgehead atoms. The fraction of sp³-hybridized carbons (Fsp3) is 0.0667. The summed E-state index contributed by atoms with van der Waals surface area (Å²) in [5, 5.41) is 11.0. The van der Waals surface area contributed by atoms with Crippen LogP contribution in [0.3, 0.4) is 0 Å². The number of nitrogens with one attached hydrogen (secondary N) is 1. The second kappa shape index (κ2) is 6.21. The maximum atomic E-state index is 12.3. The number of thiophene rings is 1. The molecule has 0 aliphatic heterocycles. The van der Waals surface area contributed by atoms with Crippen LogP contribution in [0.5, 0.6) is 5.75 Å². The molecule has 1 aromatic carbocycles. The van der Waals surface area contributed by atoms with Crippen LogP contribution in [-0.2, 0) is 0 Å². The number of carbonyl (C=O) groups excluding carboxylic acids is 1. The van der Waals surface area contributed by atoms with Crippen molar-refractivity contribution < 1.29 is 14.1 Å². The number of halogens is 1. The van der Waals surface area contributed by atoms with Gasteiger partial charge >= 0.3 is 0 Å². The molecule has 0 radical (unpaired) electrons. The minimum absolute atomic E-state index is 0.267. The summed E-state index contributed by atoms with van der Waals surface area (Å²) in [4.78, 5) is 12.3. The number of benzene rings is 1. The van der Waals surface area contributed by atoms with Crippen LogP contribution in [0.25, 0.3) is 11.3 Å². The Hall–Kier alpha value is -2.31. The lowest BCUT2D eigenvalue weighted by molar-refractivity contribution is 0.102. The van der Waals surface area contributed by atoms with E-state index in [4.69, 9.17) is 20.9 Å². The van der Waals surface area contributed by atoms with E-state index in [-0.39, 0.29) is 11.8 Å². The van der Waals surface area contributed by atoms with Gasteiger partial charge in [-0.3, -0.25) is 10.1 Å². The Kier molecular flexibility index (Phi) is 4.13. The maximum Gasteiger partial charge on any atom is 0.261 e. The zero-order valence-corrected chi connectivity index (χ0v) is 13.1. The standard InChI is InChI=1S/C15H11ClN2O3S/c1-20-13-6-10(16)2-3-11(13)15(19)17-14-7-12(18-21-14)9-4-5-22-8-9/h2-8H,1H3,(H,17,19). The largest absolute Gasteiger partial charge is 0.496 e. The van der Waals surface area contributed by atoms with Gasteiger partial charge in [-0.15, -0.1) is 0 Å². The third kappa shape index (κ3) is 2.98. The summed E-state index contributed by atoms with van der Waals surface area (Å²) in [5.74, 6) is 0.298. The number of nitrogens with zero attached hydrogens (tertiary/aromatic N) is 1. The van der Waals surface area contributed by atoms with Gasteiger partial charge in [0.15, 0.2) is 0 Å². The molecule has 0 unspecified atom stereocenters. The van der Waals surface area contributed by atoms with Crippen molar-refractivity contribution >= 4 is 34.7 Å². The van der Waals surface area contributed by atoms with Crippen molar-refractivity contribution in [3.63, 3.8) is 0 Å². The molecule has 5 nitrogen and oxygen atoms in total. The Bertz CT molecular complexity index is 799. The normalized spacial score (nSPS) is 10.5. The van der Waals surface area contributed by atoms with E-state index < -0.39 is 0 Å². The maximum absolute atomic E-state index is 12.3. The summed E-state index contributed by atoms with van der Waals surface area (Å²) < 4.78 is 10.3. The lowest BCUT2D eigenvalue weighted by atomic mass is 10.2. The minimum Gasteiger partial charge on any atom is -0.496 e. The van der Waals surface area contributed by atoms with Gasteiger partial charge in [-0.1, -0.05) is 16.8 Å². The minimum atomic E-state index is -0.360. The molecular formula is C15H11ClN2O3S. The van der Waals surface area contributed by atoms with Crippen LogP contribution in [0.15, 0.2) is 45.6 Å². The Morgan fingerprint density at radius 2 is 2.23 bits per heavy atom. The molecule has 0 saturated heterocycles. The van der Waals surface area contributed by atoms with Gasteiger partial charge in [-0.05, 0) is 29.6 Å². The first-order chi connectivity index (χ1) is 10.7. The van der Waals surface area contributed by atoms with Crippen LogP contribution < -0.4 is 10.1 Å². The molecule has 0 aliphatic carbocycles. The lowest BCUT2D eigenvalue weighted by Crippen LogP contribution is -2.12. The van der Waals surface area contributed by atoms with Gasteiger partial charge in [0.25, 0.3) is 5.91 Å². The predicted molar refractivity (Wildman–Crippen MR) is 85.8 cm³/mol. The number of rotatable bonds is 4. The lowest BCUT2D eigenvalue weighted by Gasteiger charge is -2.07. The number of anilines is 1. The van der Waals surface area contributed by atoms with Crippen molar-refractivity contribution in [3.05, 3.63) is 51.7 Å². The van der Waals surface area contributed by atoms with E-state index in [1.54, 1.807) is 35.6 Å². The van der Waals surface area contributed by atoms with Crippen LogP contribution >= 0.6 is 22.9 Å². The third-order valence-electron chi connectivity index (χ3n) is 2.97. The van der Waals surface area contributed by atoms with Crippen molar-refractivity contribution in [2.75, 3.05) is 12.4 Å². The first-order valence-corrected chi connectivity index (χ1v) is 7.63. The monoisotopic (exact) mass is 334 g/mol. The van der Waals surface area contributed by atoms with Crippen molar-refractivity contribution in [3.8, 4) is 17.0 Å². The highest BCUT2D eigenvalue weighted by Crippen LogP contribution is 2.26. The Labute approximate surface area is 135 Å². The van der Waals surface area contributed by atoms with E-state index in [0.717, 1.165) is 5.56 Å². The van der Waals surface area contributed by atoms with E-state index in [2.05, 4.69) is 10.5 Å². The molecule has 0 aliphatic rings.